The number of hydrogen-bond donors (Lipinski definition) is 2. The highest BCUT2D eigenvalue weighted by atomic mass is 16.5. The van der Waals surface area contributed by atoms with Crippen LogP contribution in [0, 0.1) is 0 Å². The number of ether oxygens (including phenoxy) is 2. The normalized spacial score (nSPS) is 13.5. The molecule has 0 radical (unpaired) electrons. The minimum Gasteiger partial charge on any atom is -0.505 e. The lowest BCUT2D eigenvalue weighted by Gasteiger charge is -2.37. The average Bonchev–Trinajstić information content (AvgIpc) is 3.08. The highest BCUT2D eigenvalue weighted by Crippen LogP contribution is 2.34. The maximum Gasteiger partial charge on any atom is 0.146 e. The quantitative estimate of drug-likeness (QED) is 0.107. The van der Waals surface area contributed by atoms with Crippen LogP contribution in [0.2, 0.25) is 0 Å². The van der Waals surface area contributed by atoms with E-state index in [1.54, 1.807) is 36.4 Å². The Balaban J connectivity index is 1.10. The number of azo groups is 2. The number of piperazine rings is 1. The van der Waals surface area contributed by atoms with Gasteiger partial charge in [0, 0.05) is 49.7 Å². The fourth-order valence-electron chi connectivity index (χ4n) is 4.93. The van der Waals surface area contributed by atoms with E-state index in [2.05, 4.69) is 68.4 Å². The van der Waals surface area contributed by atoms with Gasteiger partial charge in [0.15, 0.2) is 0 Å². The summed E-state index contributed by atoms with van der Waals surface area (Å²) in [6, 6.07) is 26.1. The van der Waals surface area contributed by atoms with E-state index in [9.17, 15) is 10.2 Å². The van der Waals surface area contributed by atoms with Crippen molar-refractivity contribution in [2.24, 2.45) is 20.5 Å². The third-order valence-corrected chi connectivity index (χ3v) is 7.68. The van der Waals surface area contributed by atoms with Crippen molar-refractivity contribution in [3.05, 3.63) is 84.9 Å². The van der Waals surface area contributed by atoms with Gasteiger partial charge in [-0.05, 0) is 85.6 Å². The number of phenols is 2. The fourth-order valence-corrected chi connectivity index (χ4v) is 4.93. The molecule has 0 amide bonds. The van der Waals surface area contributed by atoms with Crippen molar-refractivity contribution in [1.82, 2.24) is 0 Å². The highest BCUT2D eigenvalue weighted by Gasteiger charge is 2.17. The number of phenolic OH excluding ortho intramolecular Hbond substituents is 2. The molecule has 1 fully saturated rings. The van der Waals surface area contributed by atoms with Gasteiger partial charge in [-0.3, -0.25) is 0 Å². The van der Waals surface area contributed by atoms with Crippen LogP contribution in [0.3, 0.4) is 0 Å². The molecular weight excluding hydrogens is 580 g/mol. The molecule has 0 atom stereocenters. The lowest BCUT2D eigenvalue weighted by molar-refractivity contribution is 0.307. The molecule has 1 heterocycles. The van der Waals surface area contributed by atoms with E-state index in [1.165, 1.54) is 0 Å². The summed E-state index contributed by atoms with van der Waals surface area (Å²) >= 11 is 0. The molecule has 0 aliphatic carbocycles. The second kappa shape index (κ2) is 16.3. The van der Waals surface area contributed by atoms with Crippen LogP contribution in [0.1, 0.15) is 39.5 Å². The van der Waals surface area contributed by atoms with Gasteiger partial charge in [-0.15, -0.1) is 10.2 Å². The summed E-state index contributed by atoms with van der Waals surface area (Å²) in [4.78, 5) is 4.71. The van der Waals surface area contributed by atoms with Gasteiger partial charge in [-0.2, -0.15) is 10.2 Å². The van der Waals surface area contributed by atoms with Gasteiger partial charge in [0.1, 0.15) is 34.4 Å². The Hall–Kier alpha value is -5.12. The highest BCUT2D eigenvalue weighted by molar-refractivity contribution is 5.58. The van der Waals surface area contributed by atoms with Crippen LogP contribution in [0.25, 0.3) is 0 Å². The number of unbranched alkanes of at least 4 members (excludes halogenated alkanes) is 2. The Morgan fingerprint density at radius 1 is 0.543 bits per heavy atom. The zero-order valence-corrected chi connectivity index (χ0v) is 26.5. The Kier molecular flexibility index (Phi) is 11.4. The molecule has 240 valence electrons. The summed E-state index contributed by atoms with van der Waals surface area (Å²) in [5.74, 6) is 1.34. The molecule has 1 saturated heterocycles. The number of anilines is 2. The number of nitrogens with zero attached hydrogens (tertiary/aromatic N) is 6. The van der Waals surface area contributed by atoms with Gasteiger partial charge < -0.3 is 29.5 Å². The zero-order chi connectivity index (χ0) is 32.1. The lowest BCUT2D eigenvalue weighted by atomic mass is 10.2. The smallest absolute Gasteiger partial charge is 0.146 e. The molecule has 0 bridgehead atoms. The van der Waals surface area contributed by atoms with E-state index >= 15 is 0 Å². The summed E-state index contributed by atoms with van der Waals surface area (Å²) in [6.45, 7) is 9.02. The van der Waals surface area contributed by atoms with Crippen LogP contribution in [0.5, 0.6) is 23.0 Å². The van der Waals surface area contributed by atoms with Crippen molar-refractivity contribution in [2.45, 2.75) is 39.5 Å². The summed E-state index contributed by atoms with van der Waals surface area (Å²) in [6.07, 6.45) is 4.05. The number of rotatable bonds is 14. The first-order valence-electron chi connectivity index (χ1n) is 16.0. The largest absolute Gasteiger partial charge is 0.505 e. The zero-order valence-electron chi connectivity index (χ0n) is 26.5. The third-order valence-electron chi connectivity index (χ3n) is 7.68. The lowest BCUT2D eigenvalue weighted by Crippen LogP contribution is -2.46. The molecule has 5 rings (SSSR count). The summed E-state index contributed by atoms with van der Waals surface area (Å²) in [5, 5.41) is 37.7. The molecule has 0 spiro atoms. The van der Waals surface area contributed by atoms with Crippen molar-refractivity contribution in [3.63, 3.8) is 0 Å². The van der Waals surface area contributed by atoms with Crippen molar-refractivity contribution < 1.29 is 19.7 Å². The number of benzene rings is 4. The molecule has 10 heteroatoms. The SMILES string of the molecule is CCCCOc1ccc(/N=N/c2ccc(N3CCN(c4ccc(/N=N/c5ccc(OCCCC)cc5O)cc4)CC3)cc2)c(O)c1. The van der Waals surface area contributed by atoms with E-state index in [0.717, 1.165) is 63.2 Å². The first-order valence-corrected chi connectivity index (χ1v) is 16.0. The summed E-state index contributed by atoms with van der Waals surface area (Å²) in [5.41, 5.74) is 4.50. The van der Waals surface area contributed by atoms with E-state index in [-0.39, 0.29) is 11.5 Å². The second-order valence-electron chi connectivity index (χ2n) is 11.1. The van der Waals surface area contributed by atoms with Crippen LogP contribution in [-0.4, -0.2) is 49.6 Å². The molecule has 10 nitrogen and oxygen atoms in total. The van der Waals surface area contributed by atoms with Crippen LogP contribution in [0.4, 0.5) is 34.1 Å². The maximum atomic E-state index is 10.3. The Labute approximate surface area is 270 Å². The minimum absolute atomic E-state index is 0.0427. The number of aromatic hydroxyl groups is 2. The monoisotopic (exact) mass is 622 g/mol. The first-order chi connectivity index (χ1) is 22.5. The van der Waals surface area contributed by atoms with Gasteiger partial charge >= 0.3 is 0 Å². The third kappa shape index (κ3) is 8.97. The predicted molar refractivity (Wildman–Crippen MR) is 183 cm³/mol. The molecule has 2 N–H and O–H groups in total. The molecule has 0 aromatic heterocycles. The van der Waals surface area contributed by atoms with Crippen LogP contribution >= 0.6 is 0 Å². The van der Waals surface area contributed by atoms with Crippen LogP contribution in [0.15, 0.2) is 105 Å². The minimum atomic E-state index is 0.0427. The van der Waals surface area contributed by atoms with Gasteiger partial charge in [-0.25, -0.2) is 0 Å². The first kappa shape index (κ1) is 32.3. The second-order valence-corrected chi connectivity index (χ2v) is 11.1. The van der Waals surface area contributed by atoms with E-state index < -0.39 is 0 Å². The van der Waals surface area contributed by atoms with Crippen LogP contribution < -0.4 is 19.3 Å². The summed E-state index contributed by atoms with van der Waals surface area (Å²) < 4.78 is 11.3. The standard InChI is InChI=1S/C36H42N6O4/c1-3-5-23-45-31-15-17-33(35(43)25-31)39-37-27-7-11-29(12-8-27)41-19-21-42(22-20-41)30-13-9-28(10-14-30)38-40-34-18-16-32(26-36(34)44)46-24-6-4-2/h7-18,25-26,43-44H,3-6,19-24H2,1-2H3/b39-37+,40-38+. The molecule has 1 aliphatic heterocycles. The molecule has 1 aliphatic rings. The molecule has 0 unspecified atom stereocenters. The Morgan fingerprint density at radius 3 is 1.28 bits per heavy atom. The maximum absolute atomic E-state index is 10.3. The van der Waals surface area contributed by atoms with Crippen molar-refractivity contribution >= 4 is 34.1 Å². The average molecular weight is 623 g/mol. The molecule has 46 heavy (non-hydrogen) atoms. The number of hydrogen-bond acceptors (Lipinski definition) is 10. The fraction of sp³-hybridized carbons (Fsp3) is 0.333. The van der Waals surface area contributed by atoms with Crippen molar-refractivity contribution in [3.8, 4) is 23.0 Å². The van der Waals surface area contributed by atoms with Gasteiger partial charge in [0.05, 0.1) is 24.6 Å². The topological polar surface area (TPSA) is 115 Å². The molecule has 4 aromatic rings. The molecule has 0 saturated carbocycles. The Morgan fingerprint density at radius 2 is 0.935 bits per heavy atom. The Bertz CT molecular complexity index is 1480. The van der Waals surface area contributed by atoms with E-state index in [1.807, 2.05) is 24.3 Å². The van der Waals surface area contributed by atoms with Crippen molar-refractivity contribution in [1.29, 1.82) is 0 Å². The van der Waals surface area contributed by atoms with Gasteiger partial charge in [0.25, 0.3) is 0 Å². The van der Waals surface area contributed by atoms with E-state index in [4.69, 9.17) is 9.47 Å². The van der Waals surface area contributed by atoms with Gasteiger partial charge in [0.2, 0.25) is 0 Å². The molecular formula is C36H42N6O4. The van der Waals surface area contributed by atoms with Crippen molar-refractivity contribution in [2.75, 3.05) is 49.2 Å². The predicted octanol–water partition coefficient (Wildman–Crippen LogP) is 9.61. The molecule has 4 aromatic carbocycles. The van der Waals surface area contributed by atoms with Gasteiger partial charge in [-0.1, -0.05) is 26.7 Å². The summed E-state index contributed by atoms with van der Waals surface area (Å²) in [7, 11) is 0. The van der Waals surface area contributed by atoms with E-state index in [0.29, 0.717) is 47.5 Å². The van der Waals surface area contributed by atoms with Crippen LogP contribution in [-0.2, 0) is 0 Å².